The summed E-state index contributed by atoms with van der Waals surface area (Å²) in [5.74, 6) is 0. The third kappa shape index (κ3) is 3.90. The average molecular weight is 193 g/mol. The molecule has 0 aliphatic heterocycles. The molecule has 0 radical (unpaired) electrons. The monoisotopic (exact) mass is 193 g/mol. The van der Waals surface area contributed by atoms with Crippen molar-refractivity contribution in [3.8, 4) is 0 Å². The van der Waals surface area contributed by atoms with Crippen LogP contribution in [0.4, 0.5) is 0 Å². The van der Waals surface area contributed by atoms with Crippen LogP contribution in [0.15, 0.2) is 24.3 Å². The van der Waals surface area contributed by atoms with Crippen molar-refractivity contribution in [2.45, 2.75) is 19.9 Å². The topological polar surface area (TPSA) is 23.5 Å². The molecule has 1 aromatic carbocycles. The minimum atomic E-state index is 0.276. The second kappa shape index (κ2) is 5.78. The zero-order chi connectivity index (χ0) is 10.4. The van der Waals surface area contributed by atoms with E-state index >= 15 is 0 Å². The van der Waals surface area contributed by atoms with Gasteiger partial charge >= 0.3 is 0 Å². The summed E-state index contributed by atoms with van der Waals surface area (Å²) < 4.78 is 0. The van der Waals surface area contributed by atoms with Gasteiger partial charge in [0.25, 0.3) is 0 Å². The molecule has 0 fully saturated rings. The quantitative estimate of drug-likeness (QED) is 0.771. The van der Waals surface area contributed by atoms with Crippen LogP contribution >= 0.6 is 0 Å². The van der Waals surface area contributed by atoms with Crippen LogP contribution in [0.1, 0.15) is 17.5 Å². The van der Waals surface area contributed by atoms with E-state index in [0.29, 0.717) is 0 Å². The Balaban J connectivity index is 2.39. The molecule has 0 spiro atoms. The molecule has 0 heterocycles. The van der Waals surface area contributed by atoms with E-state index in [9.17, 15) is 0 Å². The van der Waals surface area contributed by atoms with Crippen LogP contribution in [-0.2, 0) is 6.54 Å². The van der Waals surface area contributed by atoms with Crippen molar-refractivity contribution in [1.29, 1.82) is 0 Å². The molecular weight excluding hydrogens is 174 g/mol. The van der Waals surface area contributed by atoms with Crippen LogP contribution in [-0.4, -0.2) is 30.2 Å². The second-order valence-corrected chi connectivity index (χ2v) is 3.80. The summed E-state index contributed by atoms with van der Waals surface area (Å²) in [6.07, 6.45) is 0.850. The maximum atomic E-state index is 8.69. The number of aryl methyl sites for hydroxylation is 1. The van der Waals surface area contributed by atoms with Gasteiger partial charge in [-0.3, -0.25) is 0 Å². The van der Waals surface area contributed by atoms with Crippen LogP contribution in [0.25, 0.3) is 0 Å². The fraction of sp³-hybridized carbons (Fsp3) is 0.500. The van der Waals surface area contributed by atoms with Crippen LogP contribution in [0.2, 0.25) is 0 Å². The van der Waals surface area contributed by atoms with E-state index in [1.807, 2.05) is 0 Å². The highest BCUT2D eigenvalue weighted by molar-refractivity contribution is 5.21. The molecule has 78 valence electrons. The van der Waals surface area contributed by atoms with Crippen LogP contribution < -0.4 is 0 Å². The minimum Gasteiger partial charge on any atom is -0.396 e. The molecule has 1 rings (SSSR count). The molecule has 1 N–H and O–H groups in total. The van der Waals surface area contributed by atoms with Crippen LogP contribution in [0, 0.1) is 6.92 Å². The van der Waals surface area contributed by atoms with Crippen molar-refractivity contribution in [2.75, 3.05) is 20.2 Å². The molecule has 0 atom stereocenters. The van der Waals surface area contributed by atoms with Gasteiger partial charge in [0.2, 0.25) is 0 Å². The lowest BCUT2D eigenvalue weighted by molar-refractivity contribution is 0.244. The summed E-state index contributed by atoms with van der Waals surface area (Å²) in [4.78, 5) is 2.22. The van der Waals surface area contributed by atoms with Crippen LogP contribution in [0.5, 0.6) is 0 Å². The van der Waals surface area contributed by atoms with Crippen molar-refractivity contribution in [3.05, 3.63) is 35.4 Å². The Hall–Kier alpha value is -0.860. The maximum Gasteiger partial charge on any atom is 0.0443 e. The van der Waals surface area contributed by atoms with Gasteiger partial charge in [-0.05, 0) is 26.0 Å². The van der Waals surface area contributed by atoms with Gasteiger partial charge in [-0.2, -0.15) is 0 Å². The summed E-state index contributed by atoms with van der Waals surface area (Å²) in [5.41, 5.74) is 2.63. The summed E-state index contributed by atoms with van der Waals surface area (Å²) in [5, 5.41) is 8.69. The highest BCUT2D eigenvalue weighted by Gasteiger charge is 1.98. The lowest BCUT2D eigenvalue weighted by Crippen LogP contribution is -2.19. The predicted molar refractivity (Wildman–Crippen MR) is 59.2 cm³/mol. The summed E-state index contributed by atoms with van der Waals surface area (Å²) >= 11 is 0. The Morgan fingerprint density at radius 3 is 2.43 bits per heavy atom. The smallest absolute Gasteiger partial charge is 0.0443 e. The normalized spacial score (nSPS) is 10.9. The second-order valence-electron chi connectivity index (χ2n) is 3.80. The minimum absolute atomic E-state index is 0.276. The third-order valence-electron chi connectivity index (χ3n) is 2.27. The number of nitrogens with zero attached hydrogens (tertiary/aromatic N) is 1. The van der Waals surface area contributed by atoms with E-state index < -0.39 is 0 Å². The van der Waals surface area contributed by atoms with Crippen molar-refractivity contribution >= 4 is 0 Å². The molecule has 0 unspecified atom stereocenters. The first-order chi connectivity index (χ1) is 6.72. The molecule has 0 aliphatic rings. The molecule has 0 saturated carbocycles. The Labute approximate surface area is 86.2 Å². The number of hydrogen-bond donors (Lipinski definition) is 1. The van der Waals surface area contributed by atoms with E-state index in [0.717, 1.165) is 19.5 Å². The molecule has 0 saturated heterocycles. The molecule has 0 aromatic heterocycles. The van der Waals surface area contributed by atoms with Gasteiger partial charge < -0.3 is 10.0 Å². The van der Waals surface area contributed by atoms with Gasteiger partial charge in [0.15, 0.2) is 0 Å². The number of benzene rings is 1. The van der Waals surface area contributed by atoms with Gasteiger partial charge in [0.1, 0.15) is 0 Å². The molecule has 2 nitrogen and oxygen atoms in total. The summed E-state index contributed by atoms with van der Waals surface area (Å²) in [7, 11) is 2.08. The van der Waals surface area contributed by atoms with Crippen molar-refractivity contribution in [2.24, 2.45) is 0 Å². The fourth-order valence-corrected chi connectivity index (χ4v) is 1.42. The van der Waals surface area contributed by atoms with Gasteiger partial charge in [-0.25, -0.2) is 0 Å². The fourth-order valence-electron chi connectivity index (χ4n) is 1.42. The summed E-state index contributed by atoms with van der Waals surface area (Å²) in [6.45, 7) is 4.28. The van der Waals surface area contributed by atoms with E-state index in [1.165, 1.54) is 11.1 Å². The van der Waals surface area contributed by atoms with Crippen molar-refractivity contribution in [1.82, 2.24) is 4.90 Å². The predicted octanol–water partition coefficient (Wildman–Crippen LogP) is 1.81. The highest BCUT2D eigenvalue weighted by Crippen LogP contribution is 2.05. The van der Waals surface area contributed by atoms with Gasteiger partial charge in [0.05, 0.1) is 0 Å². The lowest BCUT2D eigenvalue weighted by Gasteiger charge is -2.15. The van der Waals surface area contributed by atoms with Crippen molar-refractivity contribution < 1.29 is 5.11 Å². The van der Waals surface area contributed by atoms with Crippen molar-refractivity contribution in [3.63, 3.8) is 0 Å². The number of hydrogen-bond acceptors (Lipinski definition) is 2. The zero-order valence-corrected chi connectivity index (χ0v) is 9.03. The molecule has 14 heavy (non-hydrogen) atoms. The Bertz CT molecular complexity index is 256. The third-order valence-corrected chi connectivity index (χ3v) is 2.27. The highest BCUT2D eigenvalue weighted by atomic mass is 16.3. The zero-order valence-electron chi connectivity index (χ0n) is 9.03. The molecule has 0 aliphatic carbocycles. The first-order valence-electron chi connectivity index (χ1n) is 5.07. The Morgan fingerprint density at radius 1 is 1.21 bits per heavy atom. The van der Waals surface area contributed by atoms with Gasteiger partial charge in [-0.15, -0.1) is 0 Å². The van der Waals surface area contributed by atoms with E-state index in [4.69, 9.17) is 5.11 Å². The lowest BCUT2D eigenvalue weighted by atomic mass is 10.1. The first-order valence-corrected chi connectivity index (χ1v) is 5.07. The largest absolute Gasteiger partial charge is 0.396 e. The Morgan fingerprint density at radius 2 is 1.86 bits per heavy atom. The maximum absolute atomic E-state index is 8.69. The van der Waals surface area contributed by atoms with E-state index in [2.05, 4.69) is 43.1 Å². The van der Waals surface area contributed by atoms with Gasteiger partial charge in [-0.1, -0.05) is 29.8 Å². The first kappa shape index (κ1) is 11.2. The van der Waals surface area contributed by atoms with Gasteiger partial charge in [0, 0.05) is 19.7 Å². The number of rotatable bonds is 5. The standard InChI is InChI=1S/C12H19NO/c1-11-4-6-12(7-5-11)10-13(2)8-3-9-14/h4-7,14H,3,8-10H2,1-2H3. The Kier molecular flexibility index (Phi) is 4.63. The molecular formula is C12H19NO. The van der Waals surface area contributed by atoms with E-state index in [1.54, 1.807) is 0 Å². The number of aliphatic hydroxyl groups excluding tert-OH is 1. The van der Waals surface area contributed by atoms with E-state index in [-0.39, 0.29) is 6.61 Å². The molecule has 1 aromatic rings. The SMILES string of the molecule is Cc1ccc(CN(C)CCCO)cc1. The molecule has 0 amide bonds. The van der Waals surface area contributed by atoms with Crippen LogP contribution in [0.3, 0.4) is 0 Å². The molecule has 2 heteroatoms. The summed E-state index contributed by atoms with van der Waals surface area (Å²) in [6, 6.07) is 8.58. The molecule has 0 bridgehead atoms. The average Bonchev–Trinajstić information content (AvgIpc) is 2.18. The number of aliphatic hydroxyl groups is 1.